The van der Waals surface area contributed by atoms with E-state index in [-0.39, 0.29) is 0 Å². The summed E-state index contributed by atoms with van der Waals surface area (Å²) < 4.78 is 5.87. The van der Waals surface area contributed by atoms with Crippen molar-refractivity contribution < 1.29 is 4.74 Å². The van der Waals surface area contributed by atoms with Gasteiger partial charge in [0.1, 0.15) is 24.5 Å². The number of nitrogens with one attached hydrogen (secondary N) is 1. The van der Waals surface area contributed by atoms with Crippen LogP contribution in [0, 0.1) is 0 Å². The van der Waals surface area contributed by atoms with Crippen LogP contribution < -0.4 is 4.74 Å². The lowest BCUT2D eigenvalue weighted by Crippen LogP contribution is -2.34. The van der Waals surface area contributed by atoms with Gasteiger partial charge in [0.25, 0.3) is 0 Å². The summed E-state index contributed by atoms with van der Waals surface area (Å²) in [5.41, 5.74) is 2.50. The molecule has 5 heteroatoms. The zero-order chi connectivity index (χ0) is 17.6. The second kappa shape index (κ2) is 8.15. The monoisotopic (exact) mass is 348 g/mol. The molecule has 3 aromatic rings. The van der Waals surface area contributed by atoms with Crippen LogP contribution in [0.4, 0.5) is 0 Å². The Bertz CT molecular complexity index is 787. The van der Waals surface area contributed by atoms with Crippen LogP contribution in [0.1, 0.15) is 35.7 Å². The third-order valence-electron chi connectivity index (χ3n) is 4.90. The number of hydrogen-bond donors (Lipinski definition) is 1. The number of hydrogen-bond acceptors (Lipinski definition) is 4. The molecular weight excluding hydrogens is 324 g/mol. The number of rotatable bonds is 6. The van der Waals surface area contributed by atoms with Crippen LogP contribution in [0.2, 0.25) is 0 Å². The van der Waals surface area contributed by atoms with Crippen molar-refractivity contribution in [2.75, 3.05) is 13.1 Å². The second-order valence-corrected chi connectivity index (χ2v) is 6.86. The van der Waals surface area contributed by atoms with Crippen molar-refractivity contribution in [3.63, 3.8) is 0 Å². The van der Waals surface area contributed by atoms with Crippen molar-refractivity contribution in [3.05, 3.63) is 77.9 Å². The molecular formula is C21H24N4O. The van der Waals surface area contributed by atoms with Crippen LogP contribution in [-0.2, 0) is 13.2 Å². The summed E-state index contributed by atoms with van der Waals surface area (Å²) in [7, 11) is 0. The fraction of sp³-hybridized carbons (Fsp3) is 0.333. The third-order valence-corrected chi connectivity index (χ3v) is 4.90. The van der Waals surface area contributed by atoms with Crippen molar-refractivity contribution in [2.24, 2.45) is 0 Å². The number of aromatic amines is 1. The van der Waals surface area contributed by atoms with Gasteiger partial charge < -0.3 is 4.74 Å². The highest BCUT2D eigenvalue weighted by atomic mass is 16.5. The van der Waals surface area contributed by atoms with Crippen LogP contribution in [-0.4, -0.2) is 33.2 Å². The molecule has 0 radical (unpaired) electrons. The first-order chi connectivity index (χ1) is 12.9. The smallest absolute Gasteiger partial charge is 0.137 e. The van der Waals surface area contributed by atoms with E-state index in [0.29, 0.717) is 12.5 Å². The lowest BCUT2D eigenvalue weighted by Gasteiger charge is -2.31. The molecule has 2 heterocycles. The number of piperidine rings is 1. The van der Waals surface area contributed by atoms with Gasteiger partial charge in [-0.25, -0.2) is 4.98 Å². The third kappa shape index (κ3) is 4.29. The van der Waals surface area contributed by atoms with Crippen LogP contribution in [0.15, 0.2) is 60.9 Å². The molecule has 1 atom stereocenters. The highest BCUT2D eigenvalue weighted by Gasteiger charge is 2.23. The van der Waals surface area contributed by atoms with Crippen LogP contribution in [0.25, 0.3) is 0 Å². The van der Waals surface area contributed by atoms with Gasteiger partial charge in [0.2, 0.25) is 0 Å². The molecule has 0 unspecified atom stereocenters. The fourth-order valence-electron chi connectivity index (χ4n) is 3.52. The van der Waals surface area contributed by atoms with E-state index in [2.05, 4.69) is 56.5 Å². The number of nitrogens with zero attached hydrogens (tertiary/aromatic N) is 3. The van der Waals surface area contributed by atoms with E-state index >= 15 is 0 Å². The SMILES string of the molecule is c1ccc(COc2ccc(CN3CCC[C@@H](c4ncn[nH]4)C3)cc2)cc1. The Balaban J connectivity index is 1.31. The minimum absolute atomic E-state index is 0.458. The highest BCUT2D eigenvalue weighted by molar-refractivity contribution is 5.28. The molecule has 1 aliphatic rings. The maximum atomic E-state index is 5.87. The fourth-order valence-corrected chi connectivity index (χ4v) is 3.52. The zero-order valence-electron chi connectivity index (χ0n) is 14.8. The maximum Gasteiger partial charge on any atom is 0.137 e. The molecule has 1 fully saturated rings. The Morgan fingerprint density at radius 1 is 1.04 bits per heavy atom. The van der Waals surface area contributed by atoms with E-state index in [1.165, 1.54) is 24.0 Å². The standard InChI is InChI=1S/C21H24N4O/c1-2-5-18(6-3-1)15-26-20-10-8-17(9-11-20)13-25-12-4-7-19(14-25)21-22-16-23-24-21/h1-3,5-6,8-11,16,19H,4,7,12-15H2,(H,22,23,24)/t19-/m1/s1. The molecule has 1 aromatic heterocycles. The summed E-state index contributed by atoms with van der Waals surface area (Å²) in [5, 5.41) is 7.01. The molecule has 2 aromatic carbocycles. The normalized spacial score (nSPS) is 17.9. The van der Waals surface area contributed by atoms with Gasteiger partial charge in [-0.15, -0.1) is 0 Å². The van der Waals surface area contributed by atoms with Gasteiger partial charge in [-0.2, -0.15) is 5.10 Å². The minimum Gasteiger partial charge on any atom is -0.489 e. The van der Waals surface area contributed by atoms with Crippen LogP contribution >= 0.6 is 0 Å². The molecule has 0 amide bonds. The van der Waals surface area contributed by atoms with E-state index in [0.717, 1.165) is 31.2 Å². The van der Waals surface area contributed by atoms with Gasteiger partial charge >= 0.3 is 0 Å². The van der Waals surface area contributed by atoms with Crippen molar-refractivity contribution in [1.29, 1.82) is 0 Å². The van der Waals surface area contributed by atoms with Crippen LogP contribution in [0.5, 0.6) is 5.75 Å². The van der Waals surface area contributed by atoms with E-state index in [4.69, 9.17) is 4.74 Å². The van der Waals surface area contributed by atoms with E-state index < -0.39 is 0 Å². The van der Waals surface area contributed by atoms with E-state index in [9.17, 15) is 0 Å². The summed E-state index contributed by atoms with van der Waals surface area (Å²) in [5.74, 6) is 2.38. The van der Waals surface area contributed by atoms with Crippen molar-refractivity contribution in [3.8, 4) is 5.75 Å². The number of aromatic nitrogens is 3. The first-order valence-corrected chi connectivity index (χ1v) is 9.20. The van der Waals surface area contributed by atoms with E-state index in [1.54, 1.807) is 6.33 Å². The molecule has 0 aliphatic carbocycles. The first-order valence-electron chi connectivity index (χ1n) is 9.20. The van der Waals surface area contributed by atoms with Gasteiger partial charge in [-0.3, -0.25) is 10.00 Å². The molecule has 1 aliphatic heterocycles. The Hall–Kier alpha value is -2.66. The van der Waals surface area contributed by atoms with Gasteiger partial charge in [0, 0.05) is 19.0 Å². The van der Waals surface area contributed by atoms with Crippen molar-refractivity contribution >= 4 is 0 Å². The number of likely N-dealkylation sites (tertiary alicyclic amines) is 1. The lowest BCUT2D eigenvalue weighted by molar-refractivity contribution is 0.196. The van der Waals surface area contributed by atoms with E-state index in [1.807, 2.05) is 18.2 Å². The predicted octanol–water partition coefficient (Wildman–Crippen LogP) is 3.76. The Labute approximate surface area is 154 Å². The average molecular weight is 348 g/mol. The molecule has 0 spiro atoms. The molecule has 1 N–H and O–H groups in total. The molecule has 5 nitrogen and oxygen atoms in total. The Morgan fingerprint density at radius 3 is 2.65 bits per heavy atom. The predicted molar refractivity (Wildman–Crippen MR) is 101 cm³/mol. The molecule has 26 heavy (non-hydrogen) atoms. The number of H-pyrrole nitrogens is 1. The van der Waals surface area contributed by atoms with Gasteiger partial charge in [0.15, 0.2) is 0 Å². The summed E-state index contributed by atoms with van der Waals surface area (Å²) in [6.07, 6.45) is 3.98. The number of ether oxygens (including phenoxy) is 1. The average Bonchev–Trinajstić information content (AvgIpc) is 3.23. The highest BCUT2D eigenvalue weighted by Crippen LogP contribution is 2.25. The van der Waals surface area contributed by atoms with Crippen LogP contribution in [0.3, 0.4) is 0 Å². The van der Waals surface area contributed by atoms with Gasteiger partial charge in [0.05, 0.1) is 0 Å². The summed E-state index contributed by atoms with van der Waals surface area (Å²) >= 11 is 0. The lowest BCUT2D eigenvalue weighted by atomic mass is 9.97. The van der Waals surface area contributed by atoms with Crippen molar-refractivity contribution in [2.45, 2.75) is 31.9 Å². The summed E-state index contributed by atoms with van der Waals surface area (Å²) in [4.78, 5) is 6.83. The zero-order valence-corrected chi connectivity index (χ0v) is 14.8. The Morgan fingerprint density at radius 2 is 1.88 bits per heavy atom. The quantitative estimate of drug-likeness (QED) is 0.737. The molecule has 0 saturated carbocycles. The minimum atomic E-state index is 0.458. The largest absolute Gasteiger partial charge is 0.489 e. The van der Waals surface area contributed by atoms with Gasteiger partial charge in [-0.1, -0.05) is 42.5 Å². The number of benzene rings is 2. The molecule has 0 bridgehead atoms. The first kappa shape index (κ1) is 16.8. The summed E-state index contributed by atoms with van der Waals surface area (Å²) in [6.45, 7) is 3.73. The maximum absolute atomic E-state index is 5.87. The van der Waals surface area contributed by atoms with Crippen molar-refractivity contribution in [1.82, 2.24) is 20.1 Å². The Kier molecular flexibility index (Phi) is 5.26. The molecule has 4 rings (SSSR count). The van der Waals surface area contributed by atoms with Gasteiger partial charge in [-0.05, 0) is 42.6 Å². The molecule has 134 valence electrons. The second-order valence-electron chi connectivity index (χ2n) is 6.86. The topological polar surface area (TPSA) is 54.0 Å². The summed E-state index contributed by atoms with van der Waals surface area (Å²) in [6, 6.07) is 18.7. The molecule has 1 saturated heterocycles.